The third kappa shape index (κ3) is 3.93. The largest absolute Gasteiger partial charge is 0.436 e. The van der Waals surface area contributed by atoms with Gasteiger partial charge in [0.2, 0.25) is 5.89 Å². The maximum atomic E-state index is 6.21. The molecule has 39 heavy (non-hydrogen) atoms. The van der Waals surface area contributed by atoms with E-state index < -0.39 is 0 Å². The van der Waals surface area contributed by atoms with Crippen LogP contribution in [0.5, 0.6) is 0 Å². The van der Waals surface area contributed by atoms with Crippen molar-refractivity contribution in [3.63, 3.8) is 0 Å². The monoisotopic (exact) mass is 506 g/mol. The molecule has 0 aliphatic heterocycles. The first kappa shape index (κ1) is 23.5. The van der Waals surface area contributed by atoms with Gasteiger partial charge in [-0.05, 0) is 77.1 Å². The molecule has 7 aromatic rings. The molecule has 3 heteroatoms. The topological polar surface area (TPSA) is 31.0 Å². The lowest BCUT2D eigenvalue weighted by molar-refractivity contribution is 0.589. The molecule has 0 unspecified atom stereocenters. The zero-order valence-corrected chi connectivity index (χ0v) is 22.7. The summed E-state index contributed by atoms with van der Waals surface area (Å²) >= 11 is 0. The number of aromatic nitrogens is 2. The van der Waals surface area contributed by atoms with E-state index in [9.17, 15) is 0 Å². The molecule has 0 aliphatic rings. The normalized spacial score (nSPS) is 12.1. The van der Waals surface area contributed by atoms with Gasteiger partial charge in [-0.3, -0.25) is 0 Å². The van der Waals surface area contributed by atoms with Crippen molar-refractivity contribution in [3.05, 3.63) is 120 Å². The Hall–Kier alpha value is -4.63. The highest BCUT2D eigenvalue weighted by Crippen LogP contribution is 2.34. The van der Waals surface area contributed by atoms with Crippen molar-refractivity contribution < 1.29 is 4.42 Å². The lowest BCUT2D eigenvalue weighted by atomic mass is 9.86. The van der Waals surface area contributed by atoms with Crippen molar-refractivity contribution in [1.82, 2.24) is 9.55 Å². The molecule has 0 bridgehead atoms. The Kier molecular flexibility index (Phi) is 5.24. The maximum Gasteiger partial charge on any atom is 0.227 e. The molecule has 2 heterocycles. The first-order valence-electron chi connectivity index (χ1n) is 13.5. The number of hydrogen-bond acceptors (Lipinski definition) is 2. The van der Waals surface area contributed by atoms with Crippen molar-refractivity contribution in [3.8, 4) is 28.3 Å². The van der Waals surface area contributed by atoms with Crippen molar-refractivity contribution in [1.29, 1.82) is 0 Å². The third-order valence-corrected chi connectivity index (χ3v) is 7.71. The number of hydrogen-bond donors (Lipinski definition) is 0. The molecule has 0 amide bonds. The van der Waals surface area contributed by atoms with Gasteiger partial charge in [0.1, 0.15) is 5.52 Å². The maximum absolute atomic E-state index is 6.21. The van der Waals surface area contributed by atoms with Crippen LogP contribution in [0, 0.1) is 6.92 Å². The van der Waals surface area contributed by atoms with Crippen LogP contribution in [0.2, 0.25) is 0 Å². The highest BCUT2D eigenvalue weighted by molar-refractivity contribution is 6.09. The minimum Gasteiger partial charge on any atom is -0.436 e. The predicted octanol–water partition coefficient (Wildman–Crippen LogP) is 9.86. The van der Waals surface area contributed by atoms with Crippen LogP contribution in [-0.4, -0.2) is 9.55 Å². The van der Waals surface area contributed by atoms with E-state index in [2.05, 4.69) is 141 Å². The van der Waals surface area contributed by atoms with Crippen LogP contribution in [-0.2, 0) is 5.41 Å². The fourth-order valence-corrected chi connectivity index (χ4v) is 5.57. The molecule has 0 N–H and O–H groups in total. The van der Waals surface area contributed by atoms with Crippen molar-refractivity contribution in [2.75, 3.05) is 0 Å². The van der Waals surface area contributed by atoms with E-state index in [1.54, 1.807) is 0 Å². The summed E-state index contributed by atoms with van der Waals surface area (Å²) in [6.07, 6.45) is 0. The Bertz CT molecular complexity index is 1930. The lowest BCUT2D eigenvalue weighted by Gasteiger charge is -2.19. The van der Waals surface area contributed by atoms with Crippen LogP contribution in [0.3, 0.4) is 0 Å². The van der Waals surface area contributed by atoms with E-state index >= 15 is 0 Å². The average Bonchev–Trinajstić information content (AvgIpc) is 3.53. The first-order chi connectivity index (χ1) is 18.9. The molecule has 3 nitrogen and oxygen atoms in total. The van der Waals surface area contributed by atoms with Gasteiger partial charge in [0.05, 0.1) is 11.0 Å². The summed E-state index contributed by atoms with van der Waals surface area (Å²) < 4.78 is 8.56. The van der Waals surface area contributed by atoms with Gasteiger partial charge in [-0.2, -0.15) is 0 Å². The second-order valence-electron chi connectivity index (χ2n) is 11.4. The lowest BCUT2D eigenvalue weighted by Crippen LogP contribution is -2.11. The summed E-state index contributed by atoms with van der Waals surface area (Å²) in [5, 5.41) is 2.55. The Morgan fingerprint density at radius 3 is 1.77 bits per heavy atom. The van der Waals surface area contributed by atoms with Gasteiger partial charge in [-0.25, -0.2) is 4.98 Å². The second-order valence-corrected chi connectivity index (χ2v) is 11.4. The summed E-state index contributed by atoms with van der Waals surface area (Å²) in [5.74, 6) is 0.660. The Labute approximate surface area is 228 Å². The highest BCUT2D eigenvalue weighted by atomic mass is 16.3. The highest BCUT2D eigenvalue weighted by Gasteiger charge is 2.18. The molecular formula is C36H30N2O. The van der Waals surface area contributed by atoms with Crippen LogP contribution in [0.25, 0.3) is 61.2 Å². The summed E-state index contributed by atoms with van der Waals surface area (Å²) in [6, 6.07) is 38.9. The van der Waals surface area contributed by atoms with E-state index in [1.165, 1.54) is 32.9 Å². The van der Waals surface area contributed by atoms with Crippen LogP contribution < -0.4 is 0 Å². The van der Waals surface area contributed by atoms with E-state index in [0.717, 1.165) is 33.5 Å². The van der Waals surface area contributed by atoms with Gasteiger partial charge in [0.15, 0.2) is 5.58 Å². The molecule has 7 rings (SSSR count). The van der Waals surface area contributed by atoms with Gasteiger partial charge < -0.3 is 8.98 Å². The van der Waals surface area contributed by atoms with E-state index in [1.807, 2.05) is 0 Å². The van der Waals surface area contributed by atoms with E-state index in [4.69, 9.17) is 9.40 Å². The molecular weight excluding hydrogens is 476 g/mol. The number of benzene rings is 5. The number of aryl methyl sites for hydroxylation is 1. The minimum atomic E-state index is 0.0663. The Morgan fingerprint density at radius 1 is 0.641 bits per heavy atom. The minimum absolute atomic E-state index is 0.0663. The molecule has 2 aromatic heterocycles. The van der Waals surface area contributed by atoms with Crippen LogP contribution >= 0.6 is 0 Å². The van der Waals surface area contributed by atoms with Crippen LogP contribution in [0.15, 0.2) is 114 Å². The molecule has 0 aliphatic carbocycles. The van der Waals surface area contributed by atoms with E-state index in [0.29, 0.717) is 5.89 Å². The van der Waals surface area contributed by atoms with Crippen LogP contribution in [0.1, 0.15) is 31.9 Å². The average molecular weight is 507 g/mol. The fourth-order valence-electron chi connectivity index (χ4n) is 5.57. The molecule has 0 fully saturated rings. The Balaban J connectivity index is 1.21. The molecule has 0 atom stereocenters. The van der Waals surface area contributed by atoms with Gasteiger partial charge in [-0.1, -0.05) is 87.5 Å². The smallest absolute Gasteiger partial charge is 0.227 e. The van der Waals surface area contributed by atoms with Gasteiger partial charge >= 0.3 is 0 Å². The van der Waals surface area contributed by atoms with Crippen LogP contribution in [0.4, 0.5) is 0 Å². The molecule has 0 saturated heterocycles. The molecule has 190 valence electrons. The number of rotatable bonds is 3. The number of para-hydroxylation sites is 2. The summed E-state index contributed by atoms with van der Waals surface area (Å²) in [4.78, 5) is 4.84. The summed E-state index contributed by atoms with van der Waals surface area (Å²) in [7, 11) is 0. The van der Waals surface area contributed by atoms with E-state index in [-0.39, 0.29) is 5.41 Å². The molecule has 0 radical (unpaired) electrons. The van der Waals surface area contributed by atoms with Gasteiger partial charge in [0, 0.05) is 22.0 Å². The van der Waals surface area contributed by atoms with Crippen molar-refractivity contribution >= 4 is 32.9 Å². The molecule has 0 saturated carbocycles. The fraction of sp³-hybridized carbons (Fsp3) is 0.139. The molecule has 5 aromatic carbocycles. The molecule has 0 spiro atoms. The first-order valence-corrected chi connectivity index (χ1v) is 13.5. The van der Waals surface area contributed by atoms with Gasteiger partial charge in [0.25, 0.3) is 0 Å². The number of fused-ring (bicyclic) bond motifs is 4. The predicted molar refractivity (Wildman–Crippen MR) is 163 cm³/mol. The third-order valence-electron chi connectivity index (χ3n) is 7.71. The number of oxazole rings is 1. The second kappa shape index (κ2) is 8.71. The standard InChI is InChI=1S/C36H30N2O/c1-23-21-27(36(2,3)4)22-31-34(23)39-35(37-31)26-15-13-24(14-16-26)25-17-19-28(20-18-25)38-32-11-7-5-9-29(32)30-10-6-8-12-33(30)38/h5-22H,1-4H3. The summed E-state index contributed by atoms with van der Waals surface area (Å²) in [6.45, 7) is 8.77. The zero-order valence-electron chi connectivity index (χ0n) is 22.7. The van der Waals surface area contributed by atoms with Gasteiger partial charge in [-0.15, -0.1) is 0 Å². The quantitative estimate of drug-likeness (QED) is 0.239. The summed E-state index contributed by atoms with van der Waals surface area (Å²) in [5.41, 5.74) is 11.2. The Morgan fingerprint density at radius 2 is 1.18 bits per heavy atom. The SMILES string of the molecule is Cc1cc(C(C)(C)C)cc2nc(-c3ccc(-c4ccc(-n5c6ccccc6c6ccccc65)cc4)cc3)oc12. The van der Waals surface area contributed by atoms with Crippen molar-refractivity contribution in [2.45, 2.75) is 33.1 Å². The van der Waals surface area contributed by atoms with Crippen molar-refractivity contribution in [2.24, 2.45) is 0 Å². The number of nitrogens with zero attached hydrogens (tertiary/aromatic N) is 2. The zero-order chi connectivity index (χ0) is 26.7.